The van der Waals surface area contributed by atoms with E-state index in [0.717, 1.165) is 0 Å². The van der Waals surface area contributed by atoms with Crippen molar-refractivity contribution < 1.29 is 19.6 Å². The number of benzene rings is 1. The summed E-state index contributed by atoms with van der Waals surface area (Å²) in [6.07, 6.45) is 0. The maximum atomic E-state index is 12.5. The highest BCUT2D eigenvalue weighted by Gasteiger charge is 2.40. The lowest BCUT2D eigenvalue weighted by Crippen LogP contribution is -2.44. The van der Waals surface area contributed by atoms with Crippen molar-refractivity contribution >= 4 is 17.6 Å². The van der Waals surface area contributed by atoms with Crippen molar-refractivity contribution in [1.29, 1.82) is 0 Å². The van der Waals surface area contributed by atoms with Crippen LogP contribution in [0.2, 0.25) is 0 Å². The van der Waals surface area contributed by atoms with E-state index in [-0.39, 0.29) is 31.3 Å². The quantitative estimate of drug-likeness (QED) is 0.534. The Morgan fingerprint density at radius 1 is 1.30 bits per heavy atom. The van der Waals surface area contributed by atoms with Gasteiger partial charge in [0.1, 0.15) is 0 Å². The van der Waals surface area contributed by atoms with Gasteiger partial charge in [-0.25, -0.2) is 4.79 Å². The number of nitro benzene ring substituents is 1. The lowest BCUT2D eigenvalue weighted by molar-refractivity contribution is -0.384. The number of β-amino-alcohol motifs (C(OH)–C–C–N with tert-alkyl or cyclic N) is 1. The van der Waals surface area contributed by atoms with E-state index in [9.17, 15) is 19.7 Å². The Morgan fingerprint density at radius 2 is 2.00 bits per heavy atom. The number of urea groups is 1. The van der Waals surface area contributed by atoms with Gasteiger partial charge in [0.05, 0.1) is 35.4 Å². The van der Waals surface area contributed by atoms with Crippen LogP contribution in [0.15, 0.2) is 35.5 Å². The number of aliphatic hydroxyl groups excluding tert-OH is 1. The van der Waals surface area contributed by atoms with Crippen molar-refractivity contribution in [2.24, 2.45) is 0 Å². The van der Waals surface area contributed by atoms with Crippen LogP contribution in [0.1, 0.15) is 11.6 Å². The summed E-state index contributed by atoms with van der Waals surface area (Å²) in [4.78, 5) is 35.9. The molecule has 2 aliphatic rings. The largest absolute Gasteiger partial charge is 0.395 e. The molecular formula is C14H14N4O5. The van der Waals surface area contributed by atoms with Crippen molar-refractivity contribution in [3.63, 3.8) is 0 Å². The van der Waals surface area contributed by atoms with Crippen LogP contribution in [0.3, 0.4) is 0 Å². The van der Waals surface area contributed by atoms with Gasteiger partial charge in [-0.2, -0.15) is 0 Å². The van der Waals surface area contributed by atoms with Gasteiger partial charge in [0.15, 0.2) is 0 Å². The van der Waals surface area contributed by atoms with Gasteiger partial charge in [-0.3, -0.25) is 14.9 Å². The molecule has 1 unspecified atom stereocenters. The summed E-state index contributed by atoms with van der Waals surface area (Å²) in [5, 5.41) is 25.0. The maximum Gasteiger partial charge on any atom is 0.319 e. The second kappa shape index (κ2) is 5.69. The average molecular weight is 318 g/mol. The van der Waals surface area contributed by atoms with Crippen LogP contribution in [-0.2, 0) is 4.79 Å². The SMILES string of the molecule is O=C1NC2=C(C(=O)N(CCO)C2)C(c2ccc([N+](=O)[O-])cc2)N1. The van der Waals surface area contributed by atoms with Gasteiger partial charge in [-0.1, -0.05) is 0 Å². The minimum Gasteiger partial charge on any atom is -0.395 e. The zero-order valence-corrected chi connectivity index (χ0v) is 12.0. The fraction of sp³-hybridized carbons (Fsp3) is 0.286. The van der Waals surface area contributed by atoms with Gasteiger partial charge in [0, 0.05) is 18.7 Å². The van der Waals surface area contributed by atoms with Crippen LogP contribution in [-0.4, -0.2) is 46.6 Å². The second-order valence-corrected chi connectivity index (χ2v) is 5.22. The van der Waals surface area contributed by atoms with Crippen LogP contribution in [0.25, 0.3) is 0 Å². The van der Waals surface area contributed by atoms with Gasteiger partial charge in [0.2, 0.25) is 0 Å². The molecule has 120 valence electrons. The number of nitro groups is 1. The summed E-state index contributed by atoms with van der Waals surface area (Å²) in [5.74, 6) is -0.273. The van der Waals surface area contributed by atoms with Crippen molar-refractivity contribution in [1.82, 2.24) is 15.5 Å². The molecule has 9 heteroatoms. The number of aliphatic hydroxyl groups is 1. The van der Waals surface area contributed by atoms with Crippen LogP contribution in [0.4, 0.5) is 10.5 Å². The van der Waals surface area contributed by atoms with Crippen LogP contribution >= 0.6 is 0 Å². The van der Waals surface area contributed by atoms with Gasteiger partial charge >= 0.3 is 6.03 Å². The molecule has 9 nitrogen and oxygen atoms in total. The molecular weight excluding hydrogens is 304 g/mol. The van der Waals surface area contributed by atoms with Gasteiger partial charge < -0.3 is 20.6 Å². The van der Waals surface area contributed by atoms with Crippen LogP contribution in [0.5, 0.6) is 0 Å². The first kappa shape index (κ1) is 15.0. The third-order valence-corrected chi connectivity index (χ3v) is 3.83. The number of amides is 3. The van der Waals surface area contributed by atoms with E-state index in [0.29, 0.717) is 16.8 Å². The number of hydrogen-bond donors (Lipinski definition) is 3. The molecule has 3 amide bonds. The van der Waals surface area contributed by atoms with Crippen molar-refractivity contribution in [2.45, 2.75) is 6.04 Å². The Labute approximate surface area is 130 Å². The molecule has 0 spiro atoms. The summed E-state index contributed by atoms with van der Waals surface area (Å²) >= 11 is 0. The highest BCUT2D eigenvalue weighted by Crippen LogP contribution is 2.32. The standard InChI is InChI=1S/C14H14N4O5/c19-6-5-17-7-10-11(13(17)20)12(16-14(21)15-10)8-1-3-9(4-2-8)18(22)23/h1-4,12,19H,5-7H2,(H2,15,16,21). The summed E-state index contributed by atoms with van der Waals surface area (Å²) in [7, 11) is 0. The molecule has 0 aromatic heterocycles. The fourth-order valence-electron chi connectivity index (χ4n) is 2.77. The number of nitrogens with one attached hydrogen (secondary N) is 2. The first-order chi connectivity index (χ1) is 11.0. The minimum absolute atomic E-state index is 0.0668. The first-order valence-corrected chi connectivity index (χ1v) is 6.96. The summed E-state index contributed by atoms with van der Waals surface area (Å²) in [6, 6.07) is 4.58. The molecule has 0 saturated heterocycles. The van der Waals surface area contributed by atoms with Gasteiger partial charge in [-0.15, -0.1) is 0 Å². The summed E-state index contributed by atoms with van der Waals surface area (Å²) in [6.45, 7) is 0.232. The number of non-ortho nitro benzene ring substituents is 1. The van der Waals surface area contributed by atoms with Crippen molar-refractivity contribution in [3.05, 3.63) is 51.2 Å². The lowest BCUT2D eigenvalue weighted by atomic mass is 9.96. The van der Waals surface area contributed by atoms with E-state index in [2.05, 4.69) is 10.6 Å². The zero-order valence-electron chi connectivity index (χ0n) is 12.0. The minimum atomic E-state index is -0.671. The van der Waals surface area contributed by atoms with Crippen molar-refractivity contribution in [3.8, 4) is 0 Å². The van der Waals surface area contributed by atoms with Gasteiger partial charge in [-0.05, 0) is 17.7 Å². The van der Waals surface area contributed by atoms with Gasteiger partial charge in [0.25, 0.3) is 11.6 Å². The number of rotatable bonds is 4. The molecule has 0 aliphatic carbocycles. The van der Waals surface area contributed by atoms with E-state index in [4.69, 9.17) is 5.11 Å². The highest BCUT2D eigenvalue weighted by atomic mass is 16.6. The molecule has 0 radical (unpaired) electrons. The Kier molecular flexibility index (Phi) is 3.70. The van der Waals surface area contributed by atoms with Crippen LogP contribution in [0, 0.1) is 10.1 Å². The monoisotopic (exact) mass is 318 g/mol. The first-order valence-electron chi connectivity index (χ1n) is 6.96. The molecule has 0 bridgehead atoms. The Hall–Kier alpha value is -2.94. The smallest absolute Gasteiger partial charge is 0.319 e. The van der Waals surface area contributed by atoms with Crippen LogP contribution < -0.4 is 10.6 Å². The predicted octanol–water partition coefficient (Wildman–Crippen LogP) is 0.0373. The number of carbonyl (C=O) groups excluding carboxylic acids is 2. The van der Waals surface area contributed by atoms with Crippen molar-refractivity contribution in [2.75, 3.05) is 19.7 Å². The summed E-state index contributed by atoms with van der Waals surface area (Å²) < 4.78 is 0. The normalized spacial score (nSPS) is 20.2. The maximum absolute atomic E-state index is 12.5. The Balaban J connectivity index is 1.94. The average Bonchev–Trinajstić information content (AvgIpc) is 2.83. The third kappa shape index (κ3) is 2.61. The fourth-order valence-corrected chi connectivity index (χ4v) is 2.77. The molecule has 2 heterocycles. The molecule has 1 aromatic carbocycles. The molecule has 3 rings (SSSR count). The molecule has 1 atom stereocenters. The number of nitrogens with zero attached hydrogens (tertiary/aromatic N) is 2. The Morgan fingerprint density at radius 3 is 2.61 bits per heavy atom. The topological polar surface area (TPSA) is 125 Å². The van der Waals surface area contributed by atoms with E-state index in [1.807, 2.05) is 0 Å². The number of hydrogen-bond acceptors (Lipinski definition) is 5. The molecule has 23 heavy (non-hydrogen) atoms. The molecule has 1 aromatic rings. The molecule has 0 fully saturated rings. The third-order valence-electron chi connectivity index (χ3n) is 3.83. The van der Waals surface area contributed by atoms with E-state index < -0.39 is 17.0 Å². The lowest BCUT2D eigenvalue weighted by Gasteiger charge is -2.25. The predicted molar refractivity (Wildman–Crippen MR) is 78.2 cm³/mol. The molecule has 0 saturated carbocycles. The second-order valence-electron chi connectivity index (χ2n) is 5.22. The van der Waals surface area contributed by atoms with E-state index >= 15 is 0 Å². The number of carbonyl (C=O) groups is 2. The summed E-state index contributed by atoms with van der Waals surface area (Å²) in [5.41, 5.74) is 1.41. The zero-order chi connectivity index (χ0) is 16.6. The highest BCUT2D eigenvalue weighted by molar-refractivity contribution is 6.01. The molecule has 3 N–H and O–H groups in total. The molecule has 2 aliphatic heterocycles. The van der Waals surface area contributed by atoms with E-state index in [1.54, 1.807) is 0 Å². The Bertz CT molecular complexity index is 712. The van der Waals surface area contributed by atoms with E-state index in [1.165, 1.54) is 29.2 Å².